The van der Waals surface area contributed by atoms with E-state index in [9.17, 15) is 0 Å². The fourth-order valence-corrected chi connectivity index (χ4v) is 1.56. The predicted octanol–water partition coefficient (Wildman–Crippen LogP) is 1.57. The molecular formula is C10H24N2. The summed E-state index contributed by atoms with van der Waals surface area (Å²) in [6.45, 7) is 6.95. The zero-order valence-electron chi connectivity index (χ0n) is 9.28. The number of rotatable bonds is 6. The van der Waals surface area contributed by atoms with Crippen LogP contribution in [0.25, 0.3) is 0 Å². The van der Waals surface area contributed by atoms with Gasteiger partial charge in [0.15, 0.2) is 0 Å². The van der Waals surface area contributed by atoms with Gasteiger partial charge in [-0.25, -0.2) is 0 Å². The Morgan fingerprint density at radius 2 is 1.92 bits per heavy atom. The fraction of sp³-hybridized carbons (Fsp3) is 1.00. The van der Waals surface area contributed by atoms with Crippen molar-refractivity contribution in [3.63, 3.8) is 0 Å². The van der Waals surface area contributed by atoms with Crippen molar-refractivity contribution in [2.24, 2.45) is 5.41 Å². The molecule has 12 heavy (non-hydrogen) atoms. The lowest BCUT2D eigenvalue weighted by Crippen LogP contribution is -2.33. The molecule has 2 nitrogen and oxygen atoms in total. The Labute approximate surface area is 77.3 Å². The van der Waals surface area contributed by atoms with Crippen LogP contribution in [0.1, 0.15) is 26.7 Å². The van der Waals surface area contributed by atoms with Gasteiger partial charge in [0, 0.05) is 6.54 Å². The van der Waals surface area contributed by atoms with E-state index in [4.69, 9.17) is 0 Å². The lowest BCUT2D eigenvalue weighted by Gasteiger charge is -2.31. The first kappa shape index (κ1) is 11.9. The summed E-state index contributed by atoms with van der Waals surface area (Å²) in [4.78, 5) is 2.28. The second-order valence-electron chi connectivity index (χ2n) is 4.26. The van der Waals surface area contributed by atoms with Crippen LogP contribution in [-0.2, 0) is 0 Å². The highest BCUT2D eigenvalue weighted by Gasteiger charge is 2.21. The maximum absolute atomic E-state index is 3.21. The largest absolute Gasteiger partial charge is 0.320 e. The van der Waals surface area contributed by atoms with E-state index in [2.05, 4.69) is 38.2 Å². The topological polar surface area (TPSA) is 15.3 Å². The molecule has 0 aliphatic rings. The Balaban J connectivity index is 3.86. The first-order valence-corrected chi connectivity index (χ1v) is 4.83. The highest BCUT2D eigenvalue weighted by Crippen LogP contribution is 2.25. The third kappa shape index (κ3) is 4.73. The summed E-state index contributed by atoms with van der Waals surface area (Å²) in [5, 5.41) is 3.21. The highest BCUT2D eigenvalue weighted by atomic mass is 15.1. The molecule has 0 aromatic carbocycles. The number of nitrogens with zero attached hydrogens (tertiary/aromatic N) is 1. The molecule has 0 amide bonds. The van der Waals surface area contributed by atoms with Gasteiger partial charge in [-0.3, -0.25) is 0 Å². The quantitative estimate of drug-likeness (QED) is 0.654. The van der Waals surface area contributed by atoms with E-state index >= 15 is 0 Å². The second-order valence-corrected chi connectivity index (χ2v) is 4.26. The monoisotopic (exact) mass is 172 g/mol. The SMILES string of the molecule is CCC(C)(CCNC)CN(C)C. The standard InChI is InChI=1S/C10H24N2/c1-6-10(2,7-8-11-3)9-12(4)5/h11H,6-9H2,1-5H3. The number of nitrogens with one attached hydrogen (secondary N) is 1. The maximum atomic E-state index is 3.21. The molecule has 0 aromatic rings. The summed E-state index contributed by atoms with van der Waals surface area (Å²) in [6.07, 6.45) is 2.52. The molecule has 0 radical (unpaired) electrons. The highest BCUT2D eigenvalue weighted by molar-refractivity contribution is 4.75. The van der Waals surface area contributed by atoms with Crippen LogP contribution in [-0.4, -0.2) is 39.1 Å². The second kappa shape index (κ2) is 5.55. The Kier molecular flexibility index (Phi) is 5.51. The van der Waals surface area contributed by atoms with Crippen LogP contribution in [0.5, 0.6) is 0 Å². The first-order chi connectivity index (χ1) is 5.54. The van der Waals surface area contributed by atoms with Crippen LogP contribution in [0.4, 0.5) is 0 Å². The maximum Gasteiger partial charge on any atom is 0.00296 e. The molecule has 1 N–H and O–H groups in total. The first-order valence-electron chi connectivity index (χ1n) is 4.83. The Morgan fingerprint density at radius 3 is 2.25 bits per heavy atom. The lowest BCUT2D eigenvalue weighted by molar-refractivity contribution is 0.195. The minimum absolute atomic E-state index is 0.479. The van der Waals surface area contributed by atoms with E-state index < -0.39 is 0 Å². The minimum atomic E-state index is 0.479. The average molecular weight is 172 g/mol. The molecule has 0 saturated heterocycles. The van der Waals surface area contributed by atoms with Gasteiger partial charge in [0.1, 0.15) is 0 Å². The molecule has 0 aliphatic carbocycles. The van der Waals surface area contributed by atoms with Crippen LogP contribution >= 0.6 is 0 Å². The molecule has 1 unspecified atom stereocenters. The number of hydrogen-bond donors (Lipinski definition) is 1. The van der Waals surface area contributed by atoms with Crippen molar-refractivity contribution in [2.75, 3.05) is 34.2 Å². The zero-order valence-corrected chi connectivity index (χ0v) is 9.28. The van der Waals surface area contributed by atoms with Gasteiger partial charge in [-0.15, -0.1) is 0 Å². The molecule has 0 spiro atoms. The van der Waals surface area contributed by atoms with Crippen LogP contribution in [0, 0.1) is 5.41 Å². The van der Waals surface area contributed by atoms with Crippen molar-refractivity contribution in [1.82, 2.24) is 10.2 Å². The molecule has 1 atom stereocenters. The molecule has 0 rings (SSSR count). The third-order valence-electron chi connectivity index (χ3n) is 2.53. The summed E-state index contributed by atoms with van der Waals surface area (Å²) in [7, 11) is 6.31. The van der Waals surface area contributed by atoms with Crippen molar-refractivity contribution >= 4 is 0 Å². The third-order valence-corrected chi connectivity index (χ3v) is 2.53. The van der Waals surface area contributed by atoms with Crippen molar-refractivity contribution in [3.05, 3.63) is 0 Å². The Bertz CT molecular complexity index is 112. The van der Waals surface area contributed by atoms with Gasteiger partial charge in [0.25, 0.3) is 0 Å². The van der Waals surface area contributed by atoms with E-state index in [-0.39, 0.29) is 0 Å². The number of hydrogen-bond acceptors (Lipinski definition) is 2. The van der Waals surface area contributed by atoms with E-state index in [0.717, 1.165) is 6.54 Å². The van der Waals surface area contributed by atoms with Gasteiger partial charge in [-0.2, -0.15) is 0 Å². The molecule has 0 aromatic heterocycles. The smallest absolute Gasteiger partial charge is 0.00296 e. The molecule has 0 heterocycles. The summed E-state index contributed by atoms with van der Waals surface area (Å²) < 4.78 is 0. The predicted molar refractivity (Wildman–Crippen MR) is 55.5 cm³/mol. The molecule has 2 heteroatoms. The van der Waals surface area contributed by atoms with Gasteiger partial charge in [0.2, 0.25) is 0 Å². The Morgan fingerprint density at radius 1 is 1.33 bits per heavy atom. The van der Waals surface area contributed by atoms with Gasteiger partial charge in [-0.05, 0) is 45.9 Å². The van der Waals surface area contributed by atoms with E-state index in [1.807, 2.05) is 7.05 Å². The summed E-state index contributed by atoms with van der Waals surface area (Å²) >= 11 is 0. The summed E-state index contributed by atoms with van der Waals surface area (Å²) in [6, 6.07) is 0. The van der Waals surface area contributed by atoms with Crippen molar-refractivity contribution in [2.45, 2.75) is 26.7 Å². The molecule has 0 bridgehead atoms. The molecule has 74 valence electrons. The van der Waals surface area contributed by atoms with E-state index in [0.29, 0.717) is 5.41 Å². The van der Waals surface area contributed by atoms with Crippen molar-refractivity contribution in [1.29, 1.82) is 0 Å². The van der Waals surface area contributed by atoms with Crippen LogP contribution in [0.2, 0.25) is 0 Å². The van der Waals surface area contributed by atoms with Crippen LogP contribution < -0.4 is 5.32 Å². The molecular weight excluding hydrogens is 148 g/mol. The van der Waals surface area contributed by atoms with Gasteiger partial charge in [0.05, 0.1) is 0 Å². The normalized spacial score (nSPS) is 16.5. The summed E-state index contributed by atoms with van der Waals surface area (Å²) in [5.41, 5.74) is 0.479. The average Bonchev–Trinajstić information content (AvgIpc) is 2.00. The fourth-order valence-electron chi connectivity index (χ4n) is 1.56. The van der Waals surface area contributed by atoms with Crippen molar-refractivity contribution < 1.29 is 0 Å². The van der Waals surface area contributed by atoms with E-state index in [1.54, 1.807) is 0 Å². The zero-order chi connectivity index (χ0) is 9.61. The van der Waals surface area contributed by atoms with Gasteiger partial charge >= 0.3 is 0 Å². The molecule has 0 fully saturated rings. The molecule has 0 saturated carbocycles. The lowest BCUT2D eigenvalue weighted by atomic mass is 9.83. The van der Waals surface area contributed by atoms with Crippen LogP contribution in [0.3, 0.4) is 0 Å². The molecule has 0 aliphatic heterocycles. The summed E-state index contributed by atoms with van der Waals surface area (Å²) in [5.74, 6) is 0. The van der Waals surface area contributed by atoms with E-state index in [1.165, 1.54) is 19.4 Å². The Hall–Kier alpha value is -0.0800. The van der Waals surface area contributed by atoms with Gasteiger partial charge in [-0.1, -0.05) is 13.8 Å². The van der Waals surface area contributed by atoms with Gasteiger partial charge < -0.3 is 10.2 Å². The van der Waals surface area contributed by atoms with Crippen molar-refractivity contribution in [3.8, 4) is 0 Å². The van der Waals surface area contributed by atoms with Crippen LogP contribution in [0.15, 0.2) is 0 Å². The minimum Gasteiger partial charge on any atom is -0.320 e.